The van der Waals surface area contributed by atoms with Gasteiger partial charge in [0.25, 0.3) is 0 Å². The summed E-state index contributed by atoms with van der Waals surface area (Å²) in [6.45, 7) is 6.65. The van der Waals surface area contributed by atoms with Gasteiger partial charge >= 0.3 is 0 Å². The van der Waals surface area contributed by atoms with Crippen molar-refractivity contribution in [2.45, 2.75) is 39.3 Å². The number of nitriles is 1. The molecule has 0 aliphatic carbocycles. The maximum atomic E-state index is 8.90. The van der Waals surface area contributed by atoms with Crippen molar-refractivity contribution < 1.29 is 0 Å². The highest BCUT2D eigenvalue weighted by Gasteiger charge is 2.19. The molecular formula is C14H18N2. The standard InChI is InChI=1S/C14H18N2/c1-3-11(2)16-7-6-13-5-4-12(9-15)8-14(13)10-16/h4-5,8,11H,3,6-7,10H2,1-2H3. The minimum absolute atomic E-state index is 0.638. The highest BCUT2D eigenvalue weighted by Crippen LogP contribution is 2.22. The Morgan fingerprint density at radius 2 is 2.25 bits per heavy atom. The van der Waals surface area contributed by atoms with Crippen molar-refractivity contribution in [1.82, 2.24) is 4.90 Å². The SMILES string of the molecule is CCC(C)N1CCc2ccc(C#N)cc2C1. The first-order valence-electron chi connectivity index (χ1n) is 6.00. The fourth-order valence-electron chi connectivity index (χ4n) is 2.28. The molecule has 0 saturated carbocycles. The van der Waals surface area contributed by atoms with Gasteiger partial charge in [0.2, 0.25) is 0 Å². The summed E-state index contributed by atoms with van der Waals surface area (Å²) < 4.78 is 0. The maximum Gasteiger partial charge on any atom is 0.0991 e. The van der Waals surface area contributed by atoms with Gasteiger partial charge in [-0.2, -0.15) is 5.26 Å². The Labute approximate surface area is 97.5 Å². The third-order valence-electron chi connectivity index (χ3n) is 3.59. The van der Waals surface area contributed by atoms with Gasteiger partial charge in [-0.05, 0) is 43.0 Å². The molecule has 1 aromatic rings. The van der Waals surface area contributed by atoms with Gasteiger partial charge in [-0.3, -0.25) is 4.90 Å². The predicted octanol–water partition coefficient (Wildman–Crippen LogP) is 2.71. The summed E-state index contributed by atoms with van der Waals surface area (Å²) in [5, 5.41) is 8.90. The lowest BCUT2D eigenvalue weighted by Crippen LogP contribution is -2.37. The quantitative estimate of drug-likeness (QED) is 0.757. The minimum atomic E-state index is 0.638. The lowest BCUT2D eigenvalue weighted by molar-refractivity contribution is 0.186. The van der Waals surface area contributed by atoms with Crippen molar-refractivity contribution in [2.24, 2.45) is 0 Å². The Balaban J connectivity index is 2.22. The number of fused-ring (bicyclic) bond motifs is 1. The van der Waals surface area contributed by atoms with E-state index < -0.39 is 0 Å². The van der Waals surface area contributed by atoms with Crippen LogP contribution in [0.2, 0.25) is 0 Å². The van der Waals surface area contributed by atoms with Crippen molar-refractivity contribution in [3.05, 3.63) is 34.9 Å². The van der Waals surface area contributed by atoms with Crippen LogP contribution in [0.15, 0.2) is 18.2 Å². The Morgan fingerprint density at radius 1 is 1.44 bits per heavy atom. The van der Waals surface area contributed by atoms with Gasteiger partial charge in [0, 0.05) is 19.1 Å². The van der Waals surface area contributed by atoms with Gasteiger partial charge in [0.15, 0.2) is 0 Å². The fourth-order valence-corrected chi connectivity index (χ4v) is 2.28. The molecule has 1 aliphatic heterocycles. The summed E-state index contributed by atoms with van der Waals surface area (Å²) in [4.78, 5) is 2.50. The van der Waals surface area contributed by atoms with Crippen molar-refractivity contribution in [3.63, 3.8) is 0 Å². The van der Waals surface area contributed by atoms with Crippen molar-refractivity contribution >= 4 is 0 Å². The molecule has 0 N–H and O–H groups in total. The minimum Gasteiger partial charge on any atom is -0.296 e. The van der Waals surface area contributed by atoms with E-state index >= 15 is 0 Å². The summed E-state index contributed by atoms with van der Waals surface area (Å²) in [6, 6.07) is 8.94. The average Bonchev–Trinajstić information content (AvgIpc) is 2.36. The van der Waals surface area contributed by atoms with Gasteiger partial charge in [-0.25, -0.2) is 0 Å². The van der Waals surface area contributed by atoms with Crippen LogP contribution >= 0.6 is 0 Å². The van der Waals surface area contributed by atoms with E-state index in [-0.39, 0.29) is 0 Å². The molecule has 0 saturated heterocycles. The van der Waals surface area contributed by atoms with Crippen LogP contribution in [0.1, 0.15) is 37.0 Å². The highest BCUT2D eigenvalue weighted by molar-refractivity contribution is 5.39. The molecule has 16 heavy (non-hydrogen) atoms. The summed E-state index contributed by atoms with van der Waals surface area (Å²) in [7, 11) is 0. The molecule has 0 bridgehead atoms. The second kappa shape index (κ2) is 4.67. The van der Waals surface area contributed by atoms with Crippen LogP contribution in [0, 0.1) is 11.3 Å². The Bertz CT molecular complexity index is 417. The molecule has 0 fully saturated rings. The molecule has 0 radical (unpaired) electrons. The number of rotatable bonds is 2. The number of nitrogens with zero attached hydrogens (tertiary/aromatic N) is 2. The van der Waals surface area contributed by atoms with Crippen LogP contribution in [0.5, 0.6) is 0 Å². The van der Waals surface area contributed by atoms with Crippen LogP contribution < -0.4 is 0 Å². The maximum absolute atomic E-state index is 8.90. The van der Waals surface area contributed by atoms with E-state index in [1.54, 1.807) is 0 Å². The third-order valence-corrected chi connectivity index (χ3v) is 3.59. The number of hydrogen-bond acceptors (Lipinski definition) is 2. The van der Waals surface area contributed by atoms with E-state index in [1.165, 1.54) is 17.5 Å². The van der Waals surface area contributed by atoms with Gasteiger partial charge in [-0.1, -0.05) is 13.0 Å². The molecule has 1 unspecified atom stereocenters. The van der Waals surface area contributed by atoms with E-state index in [0.717, 1.165) is 25.1 Å². The molecule has 1 aliphatic rings. The topological polar surface area (TPSA) is 27.0 Å². The first-order chi connectivity index (χ1) is 7.74. The molecule has 0 amide bonds. The molecule has 0 spiro atoms. The normalized spacial score (nSPS) is 17.6. The number of hydrogen-bond donors (Lipinski definition) is 0. The van der Waals surface area contributed by atoms with Gasteiger partial charge in [0.05, 0.1) is 11.6 Å². The average molecular weight is 214 g/mol. The van der Waals surface area contributed by atoms with E-state index in [1.807, 2.05) is 12.1 Å². The first-order valence-corrected chi connectivity index (χ1v) is 6.00. The summed E-state index contributed by atoms with van der Waals surface area (Å²) >= 11 is 0. The van der Waals surface area contributed by atoms with E-state index in [2.05, 4.69) is 30.9 Å². The molecular weight excluding hydrogens is 196 g/mol. The van der Waals surface area contributed by atoms with Crippen LogP contribution in [-0.2, 0) is 13.0 Å². The zero-order valence-corrected chi connectivity index (χ0v) is 10.0. The molecule has 2 nitrogen and oxygen atoms in total. The van der Waals surface area contributed by atoms with Crippen LogP contribution in [0.4, 0.5) is 0 Å². The third kappa shape index (κ3) is 2.10. The Morgan fingerprint density at radius 3 is 2.94 bits per heavy atom. The van der Waals surface area contributed by atoms with Crippen molar-refractivity contribution in [3.8, 4) is 6.07 Å². The van der Waals surface area contributed by atoms with E-state index in [9.17, 15) is 0 Å². The second-order valence-electron chi connectivity index (χ2n) is 4.57. The molecule has 2 heteroatoms. The molecule has 1 aromatic carbocycles. The lowest BCUT2D eigenvalue weighted by Gasteiger charge is -2.33. The smallest absolute Gasteiger partial charge is 0.0991 e. The van der Waals surface area contributed by atoms with Crippen molar-refractivity contribution in [2.75, 3.05) is 6.54 Å². The van der Waals surface area contributed by atoms with Gasteiger partial charge < -0.3 is 0 Å². The fraction of sp³-hybridized carbons (Fsp3) is 0.500. The van der Waals surface area contributed by atoms with Crippen LogP contribution in [0.3, 0.4) is 0 Å². The predicted molar refractivity (Wildman–Crippen MR) is 65.0 cm³/mol. The second-order valence-corrected chi connectivity index (χ2v) is 4.57. The molecule has 1 heterocycles. The summed E-state index contributed by atoms with van der Waals surface area (Å²) in [5.41, 5.74) is 3.54. The Hall–Kier alpha value is -1.33. The molecule has 84 valence electrons. The van der Waals surface area contributed by atoms with Crippen LogP contribution in [0.25, 0.3) is 0 Å². The Kier molecular flexibility index (Phi) is 3.26. The number of benzene rings is 1. The summed E-state index contributed by atoms with van der Waals surface area (Å²) in [6.07, 6.45) is 2.30. The van der Waals surface area contributed by atoms with E-state index in [0.29, 0.717) is 6.04 Å². The lowest BCUT2D eigenvalue weighted by atomic mass is 9.96. The molecule has 1 atom stereocenters. The largest absolute Gasteiger partial charge is 0.296 e. The highest BCUT2D eigenvalue weighted by atomic mass is 15.1. The van der Waals surface area contributed by atoms with E-state index in [4.69, 9.17) is 5.26 Å². The monoisotopic (exact) mass is 214 g/mol. The van der Waals surface area contributed by atoms with Crippen LogP contribution in [-0.4, -0.2) is 17.5 Å². The van der Waals surface area contributed by atoms with Gasteiger partial charge in [-0.15, -0.1) is 0 Å². The summed E-state index contributed by atoms with van der Waals surface area (Å²) in [5.74, 6) is 0. The van der Waals surface area contributed by atoms with Gasteiger partial charge in [0.1, 0.15) is 0 Å². The first kappa shape index (κ1) is 11.2. The van der Waals surface area contributed by atoms with Crippen molar-refractivity contribution in [1.29, 1.82) is 5.26 Å². The molecule has 0 aromatic heterocycles. The molecule has 2 rings (SSSR count). The zero-order valence-electron chi connectivity index (χ0n) is 10.0. The zero-order chi connectivity index (χ0) is 11.5.